The number of anilines is 1. The van der Waals surface area contributed by atoms with Gasteiger partial charge < -0.3 is 10.6 Å². The third-order valence-corrected chi connectivity index (χ3v) is 2.88. The summed E-state index contributed by atoms with van der Waals surface area (Å²) in [5.41, 5.74) is 0.944. The zero-order valence-corrected chi connectivity index (χ0v) is 11.6. The van der Waals surface area contributed by atoms with Crippen molar-refractivity contribution in [3.8, 4) is 12.3 Å². The summed E-state index contributed by atoms with van der Waals surface area (Å²) >= 11 is 0. The fourth-order valence-corrected chi connectivity index (χ4v) is 1.81. The number of hydrogen-bond acceptors (Lipinski definition) is 2. The molecule has 110 valence electrons. The summed E-state index contributed by atoms with van der Waals surface area (Å²) in [6, 6.07) is 11.7. The SMILES string of the molecule is C#CCNC(=O)c1ccccc1NC(=O)c1ccc(F)cc1. The van der Waals surface area contributed by atoms with E-state index in [0.29, 0.717) is 16.8 Å². The third kappa shape index (κ3) is 3.70. The molecule has 5 heteroatoms. The van der Waals surface area contributed by atoms with E-state index in [1.165, 1.54) is 24.3 Å². The van der Waals surface area contributed by atoms with E-state index in [-0.39, 0.29) is 12.5 Å². The van der Waals surface area contributed by atoms with Gasteiger partial charge in [-0.25, -0.2) is 4.39 Å². The Bertz CT molecular complexity index is 733. The number of nitrogens with one attached hydrogen (secondary N) is 2. The highest BCUT2D eigenvalue weighted by molar-refractivity contribution is 6.09. The molecule has 0 fully saturated rings. The van der Waals surface area contributed by atoms with Crippen LogP contribution in [0.4, 0.5) is 10.1 Å². The molecule has 0 spiro atoms. The molecule has 0 aliphatic heterocycles. The van der Waals surface area contributed by atoms with Crippen molar-refractivity contribution >= 4 is 17.5 Å². The number of terminal acetylenes is 1. The van der Waals surface area contributed by atoms with Gasteiger partial charge in [-0.2, -0.15) is 0 Å². The Morgan fingerprint density at radius 3 is 2.41 bits per heavy atom. The Morgan fingerprint density at radius 2 is 1.73 bits per heavy atom. The van der Waals surface area contributed by atoms with E-state index in [2.05, 4.69) is 16.6 Å². The molecular weight excluding hydrogens is 283 g/mol. The molecule has 0 aliphatic carbocycles. The molecule has 0 saturated carbocycles. The lowest BCUT2D eigenvalue weighted by Gasteiger charge is -2.10. The van der Waals surface area contributed by atoms with Crippen LogP contribution in [-0.2, 0) is 0 Å². The van der Waals surface area contributed by atoms with Crippen molar-refractivity contribution in [3.05, 3.63) is 65.5 Å². The second-order valence-electron chi connectivity index (χ2n) is 4.39. The highest BCUT2D eigenvalue weighted by Gasteiger charge is 2.13. The summed E-state index contributed by atoms with van der Waals surface area (Å²) in [6.45, 7) is 0.0963. The minimum atomic E-state index is -0.433. The molecule has 22 heavy (non-hydrogen) atoms. The molecule has 0 heterocycles. The van der Waals surface area contributed by atoms with E-state index in [0.717, 1.165) is 0 Å². The smallest absolute Gasteiger partial charge is 0.255 e. The van der Waals surface area contributed by atoms with E-state index in [1.807, 2.05) is 0 Å². The Morgan fingerprint density at radius 1 is 1.05 bits per heavy atom. The standard InChI is InChI=1S/C17H13FN2O2/c1-2-11-19-17(22)14-5-3-4-6-15(14)20-16(21)12-7-9-13(18)10-8-12/h1,3-10H,11H2,(H,19,22)(H,20,21). The van der Waals surface area contributed by atoms with Crippen molar-refractivity contribution in [1.82, 2.24) is 5.32 Å². The van der Waals surface area contributed by atoms with E-state index in [4.69, 9.17) is 6.42 Å². The quantitative estimate of drug-likeness (QED) is 0.851. The highest BCUT2D eigenvalue weighted by Crippen LogP contribution is 2.16. The third-order valence-electron chi connectivity index (χ3n) is 2.88. The molecule has 4 nitrogen and oxygen atoms in total. The summed E-state index contributed by atoms with van der Waals surface area (Å²) in [5, 5.41) is 5.16. The second-order valence-corrected chi connectivity index (χ2v) is 4.39. The van der Waals surface area contributed by atoms with Crippen LogP contribution < -0.4 is 10.6 Å². The Kier molecular flexibility index (Phi) is 4.89. The minimum absolute atomic E-state index is 0.0963. The van der Waals surface area contributed by atoms with Gasteiger partial charge in [0.1, 0.15) is 5.82 Å². The molecule has 2 aromatic carbocycles. The predicted molar refractivity (Wildman–Crippen MR) is 82.0 cm³/mol. The van der Waals surface area contributed by atoms with Gasteiger partial charge in [0, 0.05) is 5.56 Å². The van der Waals surface area contributed by atoms with Crippen LogP contribution in [0.15, 0.2) is 48.5 Å². The molecule has 2 rings (SSSR count). The number of hydrogen-bond donors (Lipinski definition) is 2. The Hall–Kier alpha value is -3.13. The minimum Gasteiger partial charge on any atom is -0.341 e. The van der Waals surface area contributed by atoms with Gasteiger partial charge in [0.05, 0.1) is 17.8 Å². The zero-order valence-electron chi connectivity index (χ0n) is 11.6. The number of carbonyl (C=O) groups excluding carboxylic acids is 2. The molecule has 0 bridgehead atoms. The van der Waals surface area contributed by atoms with Crippen molar-refractivity contribution in [2.45, 2.75) is 0 Å². The lowest BCUT2D eigenvalue weighted by molar-refractivity contribution is 0.0959. The van der Waals surface area contributed by atoms with E-state index in [1.54, 1.807) is 24.3 Å². The summed E-state index contributed by atoms with van der Waals surface area (Å²) in [5.74, 6) is 1.06. The fraction of sp³-hybridized carbons (Fsp3) is 0.0588. The average Bonchev–Trinajstić information content (AvgIpc) is 2.53. The van der Waals surface area contributed by atoms with Gasteiger partial charge in [0.15, 0.2) is 0 Å². The van der Waals surface area contributed by atoms with Crippen molar-refractivity contribution < 1.29 is 14.0 Å². The van der Waals surface area contributed by atoms with Crippen LogP contribution in [0.25, 0.3) is 0 Å². The van der Waals surface area contributed by atoms with Crippen LogP contribution in [0, 0.1) is 18.2 Å². The lowest BCUT2D eigenvalue weighted by atomic mass is 10.1. The molecule has 0 unspecified atom stereocenters. The van der Waals surface area contributed by atoms with Crippen LogP contribution >= 0.6 is 0 Å². The summed E-state index contributed by atoms with van der Waals surface area (Å²) in [6.07, 6.45) is 5.10. The topological polar surface area (TPSA) is 58.2 Å². The number of carbonyl (C=O) groups is 2. The fourth-order valence-electron chi connectivity index (χ4n) is 1.81. The number of halogens is 1. The predicted octanol–water partition coefficient (Wildman–Crippen LogP) is 2.44. The molecule has 2 amide bonds. The number of benzene rings is 2. The van der Waals surface area contributed by atoms with Crippen molar-refractivity contribution in [2.75, 3.05) is 11.9 Å². The van der Waals surface area contributed by atoms with Gasteiger partial charge >= 0.3 is 0 Å². The first kappa shape index (κ1) is 15.3. The second kappa shape index (κ2) is 7.04. The molecule has 0 aliphatic rings. The maximum atomic E-state index is 12.9. The van der Waals surface area contributed by atoms with Gasteiger partial charge in [-0.1, -0.05) is 18.1 Å². The molecule has 0 radical (unpaired) electrons. The molecule has 2 N–H and O–H groups in total. The average molecular weight is 296 g/mol. The van der Waals surface area contributed by atoms with E-state index < -0.39 is 11.7 Å². The maximum absolute atomic E-state index is 12.9. The van der Waals surface area contributed by atoms with Gasteiger partial charge in [0.25, 0.3) is 11.8 Å². The lowest BCUT2D eigenvalue weighted by Crippen LogP contribution is -2.25. The summed E-state index contributed by atoms with van der Waals surface area (Å²) < 4.78 is 12.9. The van der Waals surface area contributed by atoms with Crippen molar-refractivity contribution in [1.29, 1.82) is 0 Å². The maximum Gasteiger partial charge on any atom is 0.255 e. The first-order chi connectivity index (χ1) is 10.6. The number of amides is 2. The van der Waals surface area contributed by atoms with Crippen molar-refractivity contribution in [3.63, 3.8) is 0 Å². The monoisotopic (exact) mass is 296 g/mol. The van der Waals surface area contributed by atoms with Gasteiger partial charge in [-0.15, -0.1) is 6.42 Å². The molecule has 0 aromatic heterocycles. The van der Waals surface area contributed by atoms with Gasteiger partial charge in [-0.3, -0.25) is 9.59 Å². The normalized spacial score (nSPS) is 9.64. The first-order valence-electron chi connectivity index (χ1n) is 6.49. The van der Waals surface area contributed by atoms with Crippen LogP contribution in [0.3, 0.4) is 0 Å². The van der Waals surface area contributed by atoms with Crippen LogP contribution in [0.5, 0.6) is 0 Å². The van der Waals surface area contributed by atoms with Gasteiger partial charge in [-0.05, 0) is 36.4 Å². The van der Waals surface area contributed by atoms with Crippen molar-refractivity contribution in [2.24, 2.45) is 0 Å². The van der Waals surface area contributed by atoms with Gasteiger partial charge in [0.2, 0.25) is 0 Å². The van der Waals surface area contributed by atoms with E-state index in [9.17, 15) is 14.0 Å². The molecule has 2 aromatic rings. The van der Waals surface area contributed by atoms with Crippen LogP contribution in [0.2, 0.25) is 0 Å². The van der Waals surface area contributed by atoms with E-state index >= 15 is 0 Å². The largest absolute Gasteiger partial charge is 0.341 e. The number of rotatable bonds is 4. The Labute approximate surface area is 127 Å². The van der Waals surface area contributed by atoms with Crippen LogP contribution in [-0.4, -0.2) is 18.4 Å². The Balaban J connectivity index is 2.19. The number of para-hydroxylation sites is 1. The highest BCUT2D eigenvalue weighted by atomic mass is 19.1. The molecule has 0 saturated heterocycles. The molecule has 0 atom stereocenters. The molecular formula is C17H13FN2O2. The first-order valence-corrected chi connectivity index (χ1v) is 6.49. The zero-order chi connectivity index (χ0) is 15.9. The summed E-state index contributed by atoms with van der Waals surface area (Å²) in [7, 11) is 0. The van der Waals surface area contributed by atoms with Crippen LogP contribution in [0.1, 0.15) is 20.7 Å². The summed E-state index contributed by atoms with van der Waals surface area (Å²) in [4.78, 5) is 24.1.